The zero-order valence-corrected chi connectivity index (χ0v) is 42.9. The molecule has 9 aromatic carbocycles. The Morgan fingerprint density at radius 2 is 1.18 bits per heavy atom. The highest BCUT2D eigenvalue weighted by Crippen LogP contribution is 2.54. The highest BCUT2D eigenvalue weighted by Gasteiger charge is 2.33. The molecule has 12 aromatic rings. The lowest BCUT2D eigenvalue weighted by Gasteiger charge is -2.27. The van der Waals surface area contributed by atoms with Crippen LogP contribution in [-0.2, 0) is 5.41 Å². The number of hydrogen-bond acceptors (Lipinski definition) is 5. The summed E-state index contributed by atoms with van der Waals surface area (Å²) in [5.74, 6) is 3.11. The van der Waals surface area contributed by atoms with Crippen molar-refractivity contribution in [1.29, 1.82) is 0 Å². The predicted molar refractivity (Wildman–Crippen MR) is 317 cm³/mol. The van der Waals surface area contributed by atoms with Crippen LogP contribution in [0.15, 0.2) is 237 Å². The van der Waals surface area contributed by atoms with E-state index < -0.39 is 0 Å². The Hall–Kier alpha value is -9.85. The molecule has 0 aliphatic carbocycles. The van der Waals surface area contributed by atoms with Crippen LogP contribution in [0, 0.1) is 0 Å². The average Bonchev–Trinajstić information content (AvgIpc) is 4.11. The van der Waals surface area contributed by atoms with Crippen molar-refractivity contribution in [2.45, 2.75) is 26.2 Å². The van der Waals surface area contributed by atoms with Crippen molar-refractivity contribution < 1.29 is 9.47 Å². The minimum atomic E-state index is -0.0968. The second-order valence-electron chi connectivity index (χ2n) is 21.1. The van der Waals surface area contributed by atoms with Crippen LogP contribution in [0.5, 0.6) is 17.4 Å². The maximum absolute atomic E-state index is 7.03. The molecule has 0 spiro atoms. The Labute approximate surface area is 447 Å². The van der Waals surface area contributed by atoms with Crippen LogP contribution in [0.2, 0.25) is 0 Å². The van der Waals surface area contributed by atoms with E-state index in [0.29, 0.717) is 6.67 Å². The molecular formula is C70H51N5O2. The van der Waals surface area contributed by atoms with Crippen molar-refractivity contribution in [1.82, 2.24) is 14.1 Å². The maximum Gasteiger partial charge on any atom is 0.212 e. The molecule has 7 heteroatoms. The smallest absolute Gasteiger partial charge is 0.212 e. The van der Waals surface area contributed by atoms with Gasteiger partial charge in [0.25, 0.3) is 0 Å². The predicted octanol–water partition coefficient (Wildman–Crippen LogP) is 18.4. The second kappa shape index (κ2) is 17.4. The molecule has 0 saturated carbocycles. The number of benzene rings is 9. The van der Waals surface area contributed by atoms with Gasteiger partial charge < -0.3 is 19.3 Å². The third kappa shape index (κ3) is 7.08. The topological polar surface area (TPSA) is 47.7 Å². The van der Waals surface area contributed by atoms with Crippen molar-refractivity contribution in [3.05, 3.63) is 248 Å². The molecule has 6 heterocycles. The van der Waals surface area contributed by atoms with Crippen molar-refractivity contribution in [2.75, 3.05) is 16.5 Å². The van der Waals surface area contributed by atoms with Gasteiger partial charge in [0.1, 0.15) is 24.0 Å². The van der Waals surface area contributed by atoms with E-state index in [1.54, 1.807) is 6.26 Å². The van der Waals surface area contributed by atoms with Crippen LogP contribution < -0.4 is 19.3 Å². The number of aromatic nitrogens is 3. The number of allylic oxidation sites excluding steroid dienone is 2. The number of hydrogen-bond donors (Lipinski definition) is 0. The lowest BCUT2D eigenvalue weighted by atomic mass is 9.88. The summed E-state index contributed by atoms with van der Waals surface area (Å²) < 4.78 is 18.2. The van der Waals surface area contributed by atoms with E-state index in [1.165, 1.54) is 39.1 Å². The standard InChI is InChI=1S/C70H51N5O2/c1-70(2,3)47-38-39-71-64(41-47)74-61-36-37-62-65(54-26-11-10-25-53(54)55-30-18-31-56-57-27-14-15-40-76-69(57)75(62)68(55)56)66(61)58-35-34-50(43-63(58)74)77-49-24-16-23-48(42-49)72-44-73(60-33-13-12-32-59(60)72)67-51(45-19-6-4-7-20-45)28-17-29-52(67)46-21-8-5-9-22-46/h4-43H,44H2,1-3H3. The van der Waals surface area contributed by atoms with E-state index in [2.05, 4.69) is 264 Å². The summed E-state index contributed by atoms with van der Waals surface area (Å²) in [6, 6.07) is 76.2. The van der Waals surface area contributed by atoms with E-state index in [-0.39, 0.29) is 5.41 Å². The summed E-state index contributed by atoms with van der Waals surface area (Å²) in [4.78, 5) is 9.99. The normalized spacial score (nSPS) is 13.3. The zero-order chi connectivity index (χ0) is 51.4. The molecule has 0 unspecified atom stereocenters. The minimum Gasteiger partial charge on any atom is -0.457 e. The molecule has 0 radical (unpaired) electrons. The molecule has 3 aliphatic heterocycles. The highest BCUT2D eigenvalue weighted by atomic mass is 16.5. The molecule has 368 valence electrons. The SMILES string of the molecule is CC(C)(C)c1ccnc(-n2c3cc(Oc4cccc(N5CN(c6c(-c7ccccc7)cccc6-c6ccccc6)c6ccccc65)c4)ccc3c3c4c(ccc32)-n2c3c(c5cccc(c52)-c2ccccc2-4)C=CC=CO3)c1. The maximum atomic E-state index is 7.03. The quantitative estimate of drug-likeness (QED) is 0.159. The molecule has 0 saturated heterocycles. The lowest BCUT2D eigenvalue weighted by Crippen LogP contribution is -2.24. The Morgan fingerprint density at radius 3 is 1.96 bits per heavy atom. The lowest BCUT2D eigenvalue weighted by molar-refractivity contribution is 0.454. The number of rotatable bonds is 7. The monoisotopic (exact) mass is 993 g/mol. The summed E-state index contributed by atoms with van der Waals surface area (Å²) in [6.07, 6.45) is 9.90. The van der Waals surface area contributed by atoms with Crippen molar-refractivity contribution in [3.8, 4) is 73.4 Å². The van der Waals surface area contributed by atoms with Crippen LogP contribution in [0.1, 0.15) is 31.9 Å². The second-order valence-corrected chi connectivity index (χ2v) is 21.1. The molecular weight excluding hydrogens is 943 g/mol. The van der Waals surface area contributed by atoms with E-state index >= 15 is 0 Å². The molecule has 15 rings (SSSR count). The fourth-order valence-electron chi connectivity index (χ4n) is 12.2. The van der Waals surface area contributed by atoms with Crippen LogP contribution in [-0.4, -0.2) is 20.8 Å². The number of fused-ring (bicyclic) bond motifs is 13. The largest absolute Gasteiger partial charge is 0.457 e. The zero-order valence-electron chi connectivity index (χ0n) is 42.9. The highest BCUT2D eigenvalue weighted by molar-refractivity contribution is 6.21. The van der Waals surface area contributed by atoms with Gasteiger partial charge in [-0.05, 0) is 106 Å². The molecule has 77 heavy (non-hydrogen) atoms. The summed E-state index contributed by atoms with van der Waals surface area (Å²) in [6.45, 7) is 7.37. The summed E-state index contributed by atoms with van der Waals surface area (Å²) in [5, 5.41) is 3.37. The Morgan fingerprint density at radius 1 is 0.506 bits per heavy atom. The Balaban J connectivity index is 0.879. The third-order valence-corrected chi connectivity index (χ3v) is 15.7. The van der Waals surface area contributed by atoms with E-state index in [9.17, 15) is 0 Å². The van der Waals surface area contributed by atoms with Crippen LogP contribution in [0.3, 0.4) is 0 Å². The first kappa shape index (κ1) is 44.6. The number of ether oxygens (including phenoxy) is 2. The molecule has 0 N–H and O–H groups in total. The Bertz CT molecular complexity index is 4370. The van der Waals surface area contributed by atoms with Gasteiger partial charge in [-0.1, -0.05) is 166 Å². The van der Waals surface area contributed by atoms with Gasteiger partial charge in [0.05, 0.1) is 45.6 Å². The van der Waals surface area contributed by atoms with Gasteiger partial charge in [0, 0.05) is 68.0 Å². The van der Waals surface area contributed by atoms with Gasteiger partial charge in [-0.2, -0.15) is 0 Å². The van der Waals surface area contributed by atoms with Crippen molar-refractivity contribution in [3.63, 3.8) is 0 Å². The summed E-state index contributed by atoms with van der Waals surface area (Å²) in [5.41, 5.74) is 20.2. The fourth-order valence-corrected chi connectivity index (χ4v) is 12.2. The molecule has 0 amide bonds. The van der Waals surface area contributed by atoms with E-state index in [1.807, 2.05) is 12.3 Å². The van der Waals surface area contributed by atoms with E-state index in [0.717, 1.165) is 101 Å². The molecule has 3 aromatic heterocycles. The van der Waals surface area contributed by atoms with Gasteiger partial charge in [-0.25, -0.2) is 4.98 Å². The molecule has 7 nitrogen and oxygen atoms in total. The average molecular weight is 994 g/mol. The molecule has 0 atom stereocenters. The van der Waals surface area contributed by atoms with Crippen molar-refractivity contribution >= 4 is 61.5 Å². The van der Waals surface area contributed by atoms with Gasteiger partial charge in [0.15, 0.2) is 0 Å². The molecule has 0 fully saturated rings. The van der Waals surface area contributed by atoms with Crippen LogP contribution in [0.25, 0.3) is 94.8 Å². The first-order valence-electron chi connectivity index (χ1n) is 26.4. The fraction of sp³-hybridized carbons (Fsp3) is 0.0714. The molecule has 3 aliphatic rings. The van der Waals surface area contributed by atoms with Gasteiger partial charge in [-0.15, -0.1) is 0 Å². The molecule has 0 bridgehead atoms. The van der Waals surface area contributed by atoms with Gasteiger partial charge >= 0.3 is 0 Å². The van der Waals surface area contributed by atoms with E-state index in [4.69, 9.17) is 14.5 Å². The first-order chi connectivity index (χ1) is 37.9. The van der Waals surface area contributed by atoms with Crippen LogP contribution in [0.4, 0.5) is 22.7 Å². The summed E-state index contributed by atoms with van der Waals surface area (Å²) >= 11 is 0. The Kier molecular flexibility index (Phi) is 10.1. The summed E-state index contributed by atoms with van der Waals surface area (Å²) in [7, 11) is 0. The minimum absolute atomic E-state index is 0.0968. The number of anilines is 4. The van der Waals surface area contributed by atoms with Crippen molar-refractivity contribution in [2.24, 2.45) is 0 Å². The number of para-hydroxylation sites is 4. The first-order valence-corrected chi connectivity index (χ1v) is 26.4. The van der Waals surface area contributed by atoms with Gasteiger partial charge in [0.2, 0.25) is 5.88 Å². The van der Waals surface area contributed by atoms with Crippen LogP contribution >= 0.6 is 0 Å². The number of nitrogens with zero attached hydrogens (tertiary/aromatic N) is 5. The number of pyridine rings is 1. The van der Waals surface area contributed by atoms with Gasteiger partial charge in [-0.3, -0.25) is 9.13 Å². The third-order valence-electron chi connectivity index (χ3n) is 15.7.